The van der Waals surface area contributed by atoms with Crippen molar-refractivity contribution in [2.45, 2.75) is 24.5 Å². The second-order valence-corrected chi connectivity index (χ2v) is 7.44. The number of hydrogen-bond donors (Lipinski definition) is 1. The van der Waals surface area contributed by atoms with Crippen LogP contribution >= 0.6 is 0 Å². The fraction of sp³-hybridized carbons (Fsp3) is 0.364. The van der Waals surface area contributed by atoms with Crippen LogP contribution in [0.2, 0.25) is 0 Å². The Morgan fingerprint density at radius 1 is 1.04 bits per heavy atom. The van der Waals surface area contributed by atoms with Gasteiger partial charge in [-0.1, -0.05) is 18.2 Å². The summed E-state index contributed by atoms with van der Waals surface area (Å²) < 4.78 is 11.6. The molecule has 0 bridgehead atoms. The van der Waals surface area contributed by atoms with Gasteiger partial charge >= 0.3 is 0 Å². The summed E-state index contributed by atoms with van der Waals surface area (Å²) in [6, 6.07) is 15.9. The van der Waals surface area contributed by atoms with Gasteiger partial charge in [-0.15, -0.1) is 0 Å². The van der Waals surface area contributed by atoms with Crippen molar-refractivity contribution < 1.29 is 14.3 Å². The average molecular weight is 377 g/mol. The quantitative estimate of drug-likeness (QED) is 0.832. The van der Waals surface area contributed by atoms with Crippen LogP contribution in [-0.4, -0.2) is 44.2 Å². The zero-order valence-corrected chi connectivity index (χ0v) is 15.6. The van der Waals surface area contributed by atoms with Gasteiger partial charge in [0.1, 0.15) is 5.92 Å². The Morgan fingerprint density at radius 3 is 2.50 bits per heavy atom. The predicted molar refractivity (Wildman–Crippen MR) is 108 cm³/mol. The zero-order chi connectivity index (χ0) is 19.0. The molecular formula is C22H23N3O3. The molecule has 1 amide bonds. The summed E-state index contributed by atoms with van der Waals surface area (Å²) >= 11 is 0. The minimum Gasteiger partial charge on any atom is -0.371 e. The molecule has 1 spiro atoms. The Labute approximate surface area is 164 Å². The fourth-order valence-electron chi connectivity index (χ4n) is 4.18. The molecule has 6 nitrogen and oxygen atoms in total. The number of anilines is 2. The first-order chi connectivity index (χ1) is 13.7. The minimum atomic E-state index is -0.348. The maximum absolute atomic E-state index is 12.2. The molecule has 0 aliphatic carbocycles. The average Bonchev–Trinajstić information content (AvgIpc) is 3.31. The van der Waals surface area contributed by atoms with Crippen LogP contribution in [0.25, 0.3) is 0 Å². The number of piperidine rings is 1. The maximum atomic E-state index is 12.2. The number of aliphatic imine (C=N–C) groups is 1. The standard InChI is InChI=1S/C22H23N3O3/c26-21-19(18-3-1-2-4-20(18)24-21)15-23-16-5-7-17(8-6-16)25-11-9-22(10-12-25)27-13-14-28-22/h1-8,15,19H,9-14H2,(H,24,26). The van der Waals surface area contributed by atoms with E-state index in [-0.39, 0.29) is 17.6 Å². The van der Waals surface area contributed by atoms with Gasteiger partial charge in [0.15, 0.2) is 5.79 Å². The number of hydrogen-bond acceptors (Lipinski definition) is 5. The number of rotatable bonds is 3. The van der Waals surface area contributed by atoms with Crippen LogP contribution in [0.3, 0.4) is 0 Å². The van der Waals surface area contributed by atoms with Crippen molar-refractivity contribution >= 4 is 29.2 Å². The highest BCUT2D eigenvalue weighted by molar-refractivity contribution is 6.12. The highest BCUT2D eigenvalue weighted by Crippen LogP contribution is 2.34. The van der Waals surface area contributed by atoms with E-state index in [0.29, 0.717) is 13.2 Å². The maximum Gasteiger partial charge on any atom is 0.237 e. The van der Waals surface area contributed by atoms with Gasteiger partial charge in [0.05, 0.1) is 18.9 Å². The molecule has 2 aromatic rings. The molecule has 6 heteroatoms. The lowest BCUT2D eigenvalue weighted by molar-refractivity contribution is -0.169. The highest BCUT2D eigenvalue weighted by Gasteiger charge is 2.39. The molecular weight excluding hydrogens is 354 g/mol. The normalized spacial score (nSPS) is 23.4. The smallest absolute Gasteiger partial charge is 0.237 e. The SMILES string of the molecule is O=C1Nc2ccccc2C1C=Nc1ccc(N2CCC3(CC2)OCCO3)cc1. The van der Waals surface area contributed by atoms with Crippen molar-refractivity contribution in [1.29, 1.82) is 0 Å². The van der Waals surface area contributed by atoms with E-state index in [1.807, 2.05) is 36.4 Å². The first-order valence-corrected chi connectivity index (χ1v) is 9.79. The third-order valence-electron chi connectivity index (χ3n) is 5.76. The van der Waals surface area contributed by atoms with Crippen LogP contribution in [0.5, 0.6) is 0 Å². The number of fused-ring (bicyclic) bond motifs is 1. The van der Waals surface area contributed by atoms with Crippen molar-refractivity contribution in [1.82, 2.24) is 0 Å². The molecule has 1 unspecified atom stereocenters. The lowest BCUT2D eigenvalue weighted by Crippen LogP contribution is -2.45. The van der Waals surface area contributed by atoms with Crippen molar-refractivity contribution in [3.05, 3.63) is 54.1 Å². The van der Waals surface area contributed by atoms with E-state index in [4.69, 9.17) is 9.47 Å². The lowest BCUT2D eigenvalue weighted by Gasteiger charge is -2.38. The molecule has 3 aliphatic rings. The minimum absolute atomic E-state index is 0.0276. The van der Waals surface area contributed by atoms with Crippen molar-refractivity contribution in [2.75, 3.05) is 36.5 Å². The molecule has 1 atom stereocenters. The summed E-state index contributed by atoms with van der Waals surface area (Å²) in [6.45, 7) is 3.25. The number of benzene rings is 2. The van der Waals surface area contributed by atoms with Gasteiger partial charge in [-0.2, -0.15) is 0 Å². The Balaban J connectivity index is 1.25. The van der Waals surface area contributed by atoms with E-state index in [2.05, 4.69) is 27.3 Å². The number of carbonyl (C=O) groups excluding carboxylic acids is 1. The van der Waals surface area contributed by atoms with E-state index in [0.717, 1.165) is 42.9 Å². The molecule has 3 heterocycles. The molecule has 28 heavy (non-hydrogen) atoms. The Hall–Kier alpha value is -2.70. The lowest BCUT2D eigenvalue weighted by atomic mass is 10.0. The first-order valence-electron chi connectivity index (χ1n) is 9.79. The predicted octanol–water partition coefficient (Wildman–Crippen LogP) is 3.47. The molecule has 5 rings (SSSR count). The van der Waals surface area contributed by atoms with E-state index < -0.39 is 0 Å². The number of nitrogens with zero attached hydrogens (tertiary/aromatic N) is 2. The third kappa shape index (κ3) is 3.19. The number of amides is 1. The molecule has 2 fully saturated rings. The summed E-state index contributed by atoms with van der Waals surface area (Å²) in [5, 5.41) is 2.90. The van der Waals surface area contributed by atoms with Crippen molar-refractivity contribution in [3.63, 3.8) is 0 Å². The van der Waals surface area contributed by atoms with Crippen LogP contribution in [0, 0.1) is 0 Å². The highest BCUT2D eigenvalue weighted by atomic mass is 16.7. The van der Waals surface area contributed by atoms with Crippen LogP contribution < -0.4 is 10.2 Å². The van der Waals surface area contributed by atoms with Gasteiger partial charge in [0, 0.05) is 43.5 Å². The second-order valence-electron chi connectivity index (χ2n) is 7.44. The molecule has 3 aliphatic heterocycles. The molecule has 1 N–H and O–H groups in total. The van der Waals surface area contributed by atoms with Crippen molar-refractivity contribution in [3.8, 4) is 0 Å². The summed E-state index contributed by atoms with van der Waals surface area (Å²) in [4.78, 5) is 19.1. The van der Waals surface area contributed by atoms with E-state index >= 15 is 0 Å². The van der Waals surface area contributed by atoms with Gasteiger partial charge in [0.25, 0.3) is 0 Å². The van der Waals surface area contributed by atoms with E-state index in [1.54, 1.807) is 6.21 Å². The van der Waals surface area contributed by atoms with Crippen LogP contribution in [0.15, 0.2) is 53.5 Å². The molecule has 0 radical (unpaired) electrons. The monoisotopic (exact) mass is 377 g/mol. The van der Waals surface area contributed by atoms with E-state index in [9.17, 15) is 4.79 Å². The first kappa shape index (κ1) is 17.4. The van der Waals surface area contributed by atoms with Gasteiger partial charge in [0.2, 0.25) is 5.91 Å². The molecule has 0 aromatic heterocycles. The third-order valence-corrected chi connectivity index (χ3v) is 5.76. The largest absolute Gasteiger partial charge is 0.371 e. The summed E-state index contributed by atoms with van der Waals surface area (Å²) in [7, 11) is 0. The molecule has 2 aromatic carbocycles. The Kier molecular flexibility index (Phi) is 4.37. The zero-order valence-electron chi connectivity index (χ0n) is 15.6. The topological polar surface area (TPSA) is 63.2 Å². The molecule has 0 saturated carbocycles. The van der Waals surface area contributed by atoms with Crippen molar-refractivity contribution in [2.24, 2.45) is 4.99 Å². The van der Waals surface area contributed by atoms with Crippen LogP contribution in [-0.2, 0) is 14.3 Å². The van der Waals surface area contributed by atoms with Crippen LogP contribution in [0.4, 0.5) is 17.1 Å². The van der Waals surface area contributed by atoms with Gasteiger partial charge in [-0.25, -0.2) is 0 Å². The van der Waals surface area contributed by atoms with Gasteiger partial charge < -0.3 is 19.7 Å². The Morgan fingerprint density at radius 2 is 1.75 bits per heavy atom. The summed E-state index contributed by atoms with van der Waals surface area (Å²) in [6.07, 6.45) is 3.52. The second kappa shape index (κ2) is 7.04. The van der Waals surface area contributed by atoms with Gasteiger partial charge in [-0.05, 0) is 35.9 Å². The fourth-order valence-corrected chi connectivity index (χ4v) is 4.18. The number of nitrogens with one attached hydrogen (secondary N) is 1. The number of ether oxygens (including phenoxy) is 2. The molecule has 144 valence electrons. The summed E-state index contributed by atoms with van der Waals surface area (Å²) in [5.41, 5.74) is 3.87. The Bertz CT molecular complexity index is 893. The molecule has 2 saturated heterocycles. The summed E-state index contributed by atoms with van der Waals surface area (Å²) in [5.74, 6) is -0.709. The van der Waals surface area contributed by atoms with Gasteiger partial charge in [-0.3, -0.25) is 9.79 Å². The number of carbonyl (C=O) groups is 1. The number of para-hydroxylation sites is 1. The van der Waals surface area contributed by atoms with E-state index in [1.165, 1.54) is 5.69 Å². The van der Waals surface area contributed by atoms with Crippen LogP contribution in [0.1, 0.15) is 24.3 Å².